The molecule has 0 aliphatic carbocycles. The quantitative estimate of drug-likeness (QED) is 0.627. The molecule has 2 heterocycles. The molecule has 0 amide bonds. The fraction of sp³-hybridized carbons (Fsp3) is 0.316. The first-order valence-corrected chi connectivity index (χ1v) is 8.42. The predicted molar refractivity (Wildman–Crippen MR) is 94.4 cm³/mol. The highest BCUT2D eigenvalue weighted by Crippen LogP contribution is 2.29. The molecular weight excluding hydrogens is 354 g/mol. The Bertz CT molecular complexity index is 941. The number of hydrogen-bond donors (Lipinski definition) is 3. The lowest BCUT2D eigenvalue weighted by atomic mass is 10.1. The average molecular weight is 373 g/mol. The average Bonchev–Trinajstić information content (AvgIpc) is 3.12. The minimum absolute atomic E-state index is 0.129. The van der Waals surface area contributed by atoms with E-state index in [1.54, 1.807) is 43.5 Å². The number of nitrogens with zero attached hydrogens (tertiary/aromatic N) is 1. The Morgan fingerprint density at radius 3 is 2.70 bits per heavy atom. The molecule has 1 aliphatic rings. The maximum Gasteiger partial charge on any atom is 0.228 e. The maximum atomic E-state index is 10.00. The number of aliphatic hydroxyl groups excluding tert-OH is 3. The number of fused-ring (bicyclic) bond motifs is 1. The summed E-state index contributed by atoms with van der Waals surface area (Å²) in [5.74, 6) is 1.49. The molecule has 0 unspecified atom stereocenters. The first kappa shape index (κ1) is 17.7. The van der Waals surface area contributed by atoms with Crippen molar-refractivity contribution in [2.24, 2.45) is 0 Å². The van der Waals surface area contributed by atoms with E-state index < -0.39 is 24.6 Å². The van der Waals surface area contributed by atoms with E-state index in [4.69, 9.17) is 18.6 Å². The van der Waals surface area contributed by atoms with E-state index in [1.807, 2.05) is 6.07 Å². The number of oxazole rings is 1. The zero-order valence-electron chi connectivity index (χ0n) is 14.5. The van der Waals surface area contributed by atoms with E-state index in [0.717, 1.165) is 0 Å². The highest BCUT2D eigenvalue weighted by molar-refractivity contribution is 5.77. The van der Waals surface area contributed by atoms with Crippen molar-refractivity contribution < 1.29 is 33.9 Å². The molecule has 4 rings (SSSR count). The van der Waals surface area contributed by atoms with Gasteiger partial charge in [-0.3, -0.25) is 0 Å². The van der Waals surface area contributed by atoms with Crippen molar-refractivity contribution in [3.63, 3.8) is 0 Å². The van der Waals surface area contributed by atoms with Gasteiger partial charge in [0, 0.05) is 11.6 Å². The SMILES string of the molecule is COc1ccc2oc(-c3cccc(O[C@@H]4OC[C@H](O)[C@H](O)[C@H]4O)c3)nc2c1. The van der Waals surface area contributed by atoms with Crippen molar-refractivity contribution >= 4 is 11.1 Å². The van der Waals surface area contributed by atoms with Gasteiger partial charge in [0.25, 0.3) is 0 Å². The molecule has 3 aromatic rings. The molecule has 4 atom stereocenters. The normalized spacial score (nSPS) is 25.5. The van der Waals surface area contributed by atoms with E-state index in [-0.39, 0.29) is 6.61 Å². The summed E-state index contributed by atoms with van der Waals surface area (Å²) in [6, 6.07) is 12.3. The van der Waals surface area contributed by atoms with Gasteiger partial charge in [0.15, 0.2) is 5.58 Å². The van der Waals surface area contributed by atoms with Crippen molar-refractivity contribution in [3.05, 3.63) is 42.5 Å². The summed E-state index contributed by atoms with van der Waals surface area (Å²) in [6.07, 6.45) is -4.94. The molecule has 1 fully saturated rings. The third kappa shape index (κ3) is 3.47. The summed E-state index contributed by atoms with van der Waals surface area (Å²) in [5.41, 5.74) is 1.97. The Labute approximate surface area is 154 Å². The van der Waals surface area contributed by atoms with Crippen LogP contribution in [0.1, 0.15) is 0 Å². The molecule has 0 bridgehead atoms. The molecule has 3 N–H and O–H groups in total. The summed E-state index contributed by atoms with van der Waals surface area (Å²) < 4.78 is 21.9. The van der Waals surface area contributed by atoms with Crippen LogP contribution in [0, 0.1) is 0 Å². The van der Waals surface area contributed by atoms with Crippen LogP contribution >= 0.6 is 0 Å². The smallest absolute Gasteiger partial charge is 0.228 e. The lowest BCUT2D eigenvalue weighted by Gasteiger charge is -2.34. The number of aliphatic hydroxyl groups is 3. The number of hydrogen-bond acceptors (Lipinski definition) is 8. The van der Waals surface area contributed by atoms with Crippen LogP contribution in [-0.2, 0) is 4.74 Å². The zero-order valence-corrected chi connectivity index (χ0v) is 14.5. The fourth-order valence-corrected chi connectivity index (χ4v) is 2.88. The molecule has 1 saturated heterocycles. The molecule has 8 heteroatoms. The van der Waals surface area contributed by atoms with Gasteiger partial charge in [-0.2, -0.15) is 0 Å². The van der Waals surface area contributed by atoms with Crippen LogP contribution in [0.4, 0.5) is 0 Å². The van der Waals surface area contributed by atoms with Gasteiger partial charge in [-0.1, -0.05) is 6.07 Å². The molecule has 1 aromatic heterocycles. The Morgan fingerprint density at radius 1 is 1.04 bits per heavy atom. The third-order valence-electron chi connectivity index (χ3n) is 4.38. The second-order valence-electron chi connectivity index (χ2n) is 6.25. The lowest BCUT2D eigenvalue weighted by molar-refractivity contribution is -0.242. The van der Waals surface area contributed by atoms with Gasteiger partial charge in [0.2, 0.25) is 12.2 Å². The van der Waals surface area contributed by atoms with Crippen molar-refractivity contribution in [1.29, 1.82) is 0 Å². The first-order valence-electron chi connectivity index (χ1n) is 8.42. The largest absolute Gasteiger partial charge is 0.497 e. The summed E-state index contributed by atoms with van der Waals surface area (Å²) in [4.78, 5) is 4.46. The van der Waals surface area contributed by atoms with Crippen molar-refractivity contribution in [2.45, 2.75) is 24.6 Å². The molecular formula is C19H19NO7. The third-order valence-corrected chi connectivity index (χ3v) is 4.38. The highest BCUT2D eigenvalue weighted by Gasteiger charge is 2.39. The predicted octanol–water partition coefficient (Wildman–Crippen LogP) is 1.32. The molecule has 1 aliphatic heterocycles. The summed E-state index contributed by atoms with van der Waals surface area (Å²) in [6.45, 7) is -0.129. The summed E-state index contributed by atoms with van der Waals surface area (Å²) in [7, 11) is 1.58. The Morgan fingerprint density at radius 2 is 1.89 bits per heavy atom. The van der Waals surface area contributed by atoms with E-state index in [1.165, 1.54) is 0 Å². The Kier molecular flexibility index (Phi) is 4.71. The number of benzene rings is 2. The van der Waals surface area contributed by atoms with Gasteiger partial charge in [-0.05, 0) is 30.3 Å². The van der Waals surface area contributed by atoms with Crippen molar-refractivity contribution in [3.8, 4) is 23.0 Å². The van der Waals surface area contributed by atoms with Crippen LogP contribution in [0.15, 0.2) is 46.9 Å². The second-order valence-corrected chi connectivity index (χ2v) is 6.25. The van der Waals surface area contributed by atoms with Crippen LogP contribution in [0.2, 0.25) is 0 Å². The minimum atomic E-state index is -1.37. The minimum Gasteiger partial charge on any atom is -0.497 e. The van der Waals surface area contributed by atoms with Crippen molar-refractivity contribution in [1.82, 2.24) is 4.98 Å². The zero-order chi connectivity index (χ0) is 19.0. The molecule has 0 radical (unpaired) electrons. The topological polar surface area (TPSA) is 114 Å². The lowest BCUT2D eigenvalue weighted by Crippen LogP contribution is -2.54. The van der Waals surface area contributed by atoms with Crippen LogP contribution in [0.5, 0.6) is 11.5 Å². The molecule has 142 valence electrons. The van der Waals surface area contributed by atoms with Crippen LogP contribution in [0.25, 0.3) is 22.6 Å². The van der Waals surface area contributed by atoms with Gasteiger partial charge in [-0.25, -0.2) is 4.98 Å². The van der Waals surface area contributed by atoms with Gasteiger partial charge in [-0.15, -0.1) is 0 Å². The second kappa shape index (κ2) is 7.16. The number of rotatable bonds is 4. The summed E-state index contributed by atoms with van der Waals surface area (Å²) >= 11 is 0. The van der Waals surface area contributed by atoms with Gasteiger partial charge in [0.1, 0.15) is 35.3 Å². The monoisotopic (exact) mass is 373 g/mol. The first-order chi connectivity index (χ1) is 13.0. The van der Waals surface area contributed by atoms with Crippen LogP contribution < -0.4 is 9.47 Å². The van der Waals surface area contributed by atoms with Crippen LogP contribution in [0.3, 0.4) is 0 Å². The highest BCUT2D eigenvalue weighted by atomic mass is 16.7. The van der Waals surface area contributed by atoms with E-state index in [0.29, 0.717) is 34.1 Å². The van der Waals surface area contributed by atoms with Gasteiger partial charge in [0.05, 0.1) is 13.7 Å². The molecule has 27 heavy (non-hydrogen) atoms. The number of ether oxygens (including phenoxy) is 3. The van der Waals surface area contributed by atoms with E-state index in [2.05, 4.69) is 4.98 Å². The molecule has 2 aromatic carbocycles. The summed E-state index contributed by atoms with van der Waals surface area (Å²) in [5, 5.41) is 29.3. The van der Waals surface area contributed by atoms with Gasteiger partial charge < -0.3 is 33.9 Å². The van der Waals surface area contributed by atoms with Crippen LogP contribution in [-0.4, -0.2) is 58.6 Å². The fourth-order valence-electron chi connectivity index (χ4n) is 2.88. The number of methoxy groups -OCH3 is 1. The van der Waals surface area contributed by atoms with E-state index >= 15 is 0 Å². The van der Waals surface area contributed by atoms with Crippen molar-refractivity contribution in [2.75, 3.05) is 13.7 Å². The number of aromatic nitrogens is 1. The molecule has 8 nitrogen and oxygen atoms in total. The Balaban J connectivity index is 1.57. The van der Waals surface area contributed by atoms with E-state index in [9.17, 15) is 15.3 Å². The van der Waals surface area contributed by atoms with Gasteiger partial charge >= 0.3 is 0 Å². The molecule has 0 spiro atoms. The maximum absolute atomic E-state index is 10.00. The Hall–Kier alpha value is -2.65. The molecule has 0 saturated carbocycles. The standard InChI is InChI=1S/C19H19NO7/c1-24-11-5-6-15-13(8-11)20-18(27-15)10-3-2-4-12(7-10)26-19-17(23)16(22)14(21)9-25-19/h2-8,14,16-17,19,21-23H,9H2,1H3/t14-,16-,17+,19-/m0/s1.